The van der Waals surface area contributed by atoms with Gasteiger partial charge in [-0.1, -0.05) is 20.3 Å². The zero-order valence-corrected chi connectivity index (χ0v) is 15.7. The Bertz CT molecular complexity index is 859. The van der Waals surface area contributed by atoms with Crippen LogP contribution in [0.5, 0.6) is 0 Å². The smallest absolute Gasteiger partial charge is 0.256 e. The molecule has 1 aromatic heterocycles. The summed E-state index contributed by atoms with van der Waals surface area (Å²) in [5.41, 5.74) is -0.0799. The first-order chi connectivity index (χ1) is 12.9. The van der Waals surface area contributed by atoms with Crippen molar-refractivity contribution in [3.63, 3.8) is 0 Å². The van der Waals surface area contributed by atoms with Crippen LogP contribution in [-0.2, 0) is 6.54 Å². The lowest BCUT2D eigenvalue weighted by molar-refractivity contribution is 0.0718. The molecule has 1 amide bonds. The molecule has 1 aromatic carbocycles. The number of carbonyl (C=O) groups excluding carboxylic acids is 1. The van der Waals surface area contributed by atoms with Gasteiger partial charge in [0.15, 0.2) is 0 Å². The first kappa shape index (κ1) is 18.1. The molecule has 1 saturated heterocycles. The van der Waals surface area contributed by atoms with Crippen molar-refractivity contribution in [3.8, 4) is 0 Å². The molecule has 1 spiro atoms. The monoisotopic (exact) mass is 374 g/mol. The second-order valence-electron chi connectivity index (χ2n) is 8.31. The third kappa shape index (κ3) is 3.13. The minimum Gasteiger partial charge on any atom is -0.337 e. The number of carbonyl (C=O) groups is 1. The quantitative estimate of drug-likeness (QED) is 0.821. The number of aromatic nitrogens is 3. The molecule has 144 valence electrons. The summed E-state index contributed by atoms with van der Waals surface area (Å²) in [6, 6.07) is 3.12. The van der Waals surface area contributed by atoms with E-state index in [1.807, 2.05) is 0 Å². The summed E-state index contributed by atoms with van der Waals surface area (Å²) in [6.07, 6.45) is 4.94. The Kier molecular flexibility index (Phi) is 4.48. The van der Waals surface area contributed by atoms with E-state index in [0.29, 0.717) is 19.0 Å². The average molecular weight is 374 g/mol. The normalized spacial score (nSPS) is 21.1. The van der Waals surface area contributed by atoms with E-state index >= 15 is 0 Å². The lowest BCUT2D eigenvalue weighted by Gasteiger charge is -2.42. The van der Waals surface area contributed by atoms with E-state index in [-0.39, 0.29) is 22.8 Å². The molecule has 0 radical (unpaired) electrons. The highest BCUT2D eigenvalue weighted by Gasteiger charge is 2.53. The Morgan fingerprint density at radius 1 is 1.33 bits per heavy atom. The Hall–Kier alpha value is -2.31. The van der Waals surface area contributed by atoms with Crippen LogP contribution in [0.25, 0.3) is 0 Å². The summed E-state index contributed by atoms with van der Waals surface area (Å²) in [6.45, 7) is 6.19. The van der Waals surface area contributed by atoms with Gasteiger partial charge in [0.1, 0.15) is 23.8 Å². The van der Waals surface area contributed by atoms with E-state index < -0.39 is 11.6 Å². The summed E-state index contributed by atoms with van der Waals surface area (Å²) in [7, 11) is 0. The van der Waals surface area contributed by atoms with Crippen LogP contribution in [0, 0.1) is 23.0 Å². The molecule has 5 nitrogen and oxygen atoms in total. The summed E-state index contributed by atoms with van der Waals surface area (Å²) in [5.74, 6) is -0.395. The number of benzene rings is 1. The molecule has 1 atom stereocenters. The van der Waals surface area contributed by atoms with Gasteiger partial charge >= 0.3 is 0 Å². The second-order valence-corrected chi connectivity index (χ2v) is 8.31. The highest BCUT2D eigenvalue weighted by Crippen LogP contribution is 2.55. The number of likely N-dealkylation sites (tertiary alicyclic amines) is 1. The van der Waals surface area contributed by atoms with E-state index in [0.717, 1.165) is 43.8 Å². The highest BCUT2D eigenvalue weighted by molar-refractivity contribution is 5.94. The molecule has 4 rings (SSSR count). The maximum atomic E-state index is 14.1. The Balaban J connectivity index is 1.62. The van der Waals surface area contributed by atoms with Crippen LogP contribution in [-0.4, -0.2) is 38.7 Å². The molecular formula is C20H24F2N4O. The number of halogens is 2. The van der Waals surface area contributed by atoms with E-state index in [4.69, 9.17) is 0 Å². The van der Waals surface area contributed by atoms with Crippen molar-refractivity contribution in [1.82, 2.24) is 19.7 Å². The van der Waals surface area contributed by atoms with Crippen LogP contribution in [0.15, 0.2) is 24.5 Å². The predicted molar refractivity (Wildman–Crippen MR) is 96.1 cm³/mol. The molecule has 2 heterocycles. The Morgan fingerprint density at radius 3 is 2.74 bits per heavy atom. The van der Waals surface area contributed by atoms with Crippen LogP contribution >= 0.6 is 0 Å². The van der Waals surface area contributed by atoms with E-state index in [1.165, 1.54) is 6.07 Å². The molecule has 2 aromatic rings. The van der Waals surface area contributed by atoms with Crippen molar-refractivity contribution in [2.24, 2.45) is 11.3 Å². The van der Waals surface area contributed by atoms with Crippen LogP contribution in [0.4, 0.5) is 8.78 Å². The topological polar surface area (TPSA) is 51.0 Å². The molecule has 27 heavy (non-hydrogen) atoms. The van der Waals surface area contributed by atoms with Gasteiger partial charge < -0.3 is 9.47 Å². The number of nitrogens with zero attached hydrogens (tertiary/aromatic N) is 4. The molecule has 1 saturated carbocycles. The van der Waals surface area contributed by atoms with Gasteiger partial charge in [0.25, 0.3) is 5.91 Å². The van der Waals surface area contributed by atoms with Gasteiger partial charge in [0, 0.05) is 31.6 Å². The zero-order valence-electron chi connectivity index (χ0n) is 15.7. The third-order valence-electron chi connectivity index (χ3n) is 5.97. The molecule has 1 aliphatic heterocycles. The minimum absolute atomic E-state index is 0.00602. The van der Waals surface area contributed by atoms with Gasteiger partial charge in [-0.15, -0.1) is 10.2 Å². The fraction of sp³-hybridized carbons (Fsp3) is 0.550. The fourth-order valence-corrected chi connectivity index (χ4v) is 4.52. The maximum absolute atomic E-state index is 14.1. The van der Waals surface area contributed by atoms with Crippen LogP contribution in [0.3, 0.4) is 0 Å². The summed E-state index contributed by atoms with van der Waals surface area (Å²) in [4.78, 5) is 14.6. The van der Waals surface area contributed by atoms with Crippen molar-refractivity contribution < 1.29 is 13.6 Å². The molecule has 0 N–H and O–H groups in total. The van der Waals surface area contributed by atoms with Crippen molar-refractivity contribution in [2.45, 2.75) is 45.6 Å². The number of amides is 1. The van der Waals surface area contributed by atoms with Gasteiger partial charge in [-0.05, 0) is 36.3 Å². The summed E-state index contributed by atoms with van der Waals surface area (Å²) in [5, 5.41) is 8.48. The molecule has 7 heteroatoms. The van der Waals surface area contributed by atoms with E-state index in [2.05, 4.69) is 28.6 Å². The molecule has 2 fully saturated rings. The first-order valence-electron chi connectivity index (χ1n) is 9.52. The first-order valence-corrected chi connectivity index (χ1v) is 9.52. The lowest BCUT2D eigenvalue weighted by Crippen LogP contribution is -2.38. The van der Waals surface area contributed by atoms with Crippen LogP contribution in [0.2, 0.25) is 0 Å². The van der Waals surface area contributed by atoms with Crippen LogP contribution in [0.1, 0.15) is 55.2 Å². The molecule has 1 unspecified atom stereocenters. The average Bonchev–Trinajstić information content (AvgIpc) is 3.17. The molecular weight excluding hydrogens is 350 g/mol. The Labute approximate surface area is 157 Å². The van der Waals surface area contributed by atoms with Gasteiger partial charge in [-0.3, -0.25) is 4.79 Å². The van der Waals surface area contributed by atoms with Gasteiger partial charge in [-0.2, -0.15) is 0 Å². The number of rotatable bonds is 4. The van der Waals surface area contributed by atoms with Gasteiger partial charge in [-0.25, -0.2) is 8.78 Å². The zero-order chi connectivity index (χ0) is 19.2. The fourth-order valence-electron chi connectivity index (χ4n) is 4.52. The number of hydrogen-bond acceptors (Lipinski definition) is 3. The standard InChI is InChI=1S/C20H24F2N4O/c1-13(2)9-26-12-23-24-18(26)16-10-25(11-20(16)6-3-7-20)19(27)15-5-4-14(21)8-17(15)22/h4-5,8,12-13,16H,3,6-7,9-11H2,1-2H3. The number of hydrogen-bond donors (Lipinski definition) is 0. The van der Waals surface area contributed by atoms with Crippen molar-refractivity contribution in [3.05, 3.63) is 47.5 Å². The highest BCUT2D eigenvalue weighted by atomic mass is 19.1. The van der Waals surface area contributed by atoms with Gasteiger partial charge in [0.05, 0.1) is 5.56 Å². The second kappa shape index (κ2) is 6.69. The minimum atomic E-state index is -0.811. The summed E-state index contributed by atoms with van der Waals surface area (Å²) >= 11 is 0. The summed E-state index contributed by atoms with van der Waals surface area (Å²) < 4.78 is 29.4. The van der Waals surface area contributed by atoms with Crippen molar-refractivity contribution >= 4 is 5.91 Å². The largest absolute Gasteiger partial charge is 0.337 e. The molecule has 0 bridgehead atoms. The Morgan fingerprint density at radius 2 is 2.11 bits per heavy atom. The lowest BCUT2D eigenvalue weighted by atomic mass is 9.62. The SMILES string of the molecule is CC(C)Cn1cnnc1C1CN(C(=O)c2ccc(F)cc2F)CC12CCC2. The molecule has 2 aliphatic rings. The third-order valence-corrected chi connectivity index (χ3v) is 5.97. The predicted octanol–water partition coefficient (Wildman–Crippen LogP) is 3.62. The van der Waals surface area contributed by atoms with Crippen LogP contribution < -0.4 is 0 Å². The molecule has 1 aliphatic carbocycles. The van der Waals surface area contributed by atoms with Crippen molar-refractivity contribution in [1.29, 1.82) is 0 Å². The van der Waals surface area contributed by atoms with E-state index in [9.17, 15) is 13.6 Å². The van der Waals surface area contributed by atoms with E-state index in [1.54, 1.807) is 11.2 Å². The van der Waals surface area contributed by atoms with Crippen molar-refractivity contribution in [2.75, 3.05) is 13.1 Å². The van der Waals surface area contributed by atoms with Gasteiger partial charge in [0.2, 0.25) is 0 Å². The maximum Gasteiger partial charge on any atom is 0.256 e.